The van der Waals surface area contributed by atoms with Gasteiger partial charge in [0.15, 0.2) is 0 Å². The van der Waals surface area contributed by atoms with E-state index in [0.717, 1.165) is 61.9 Å². The van der Waals surface area contributed by atoms with Crippen molar-refractivity contribution in [1.82, 2.24) is 19.7 Å². The van der Waals surface area contributed by atoms with Crippen molar-refractivity contribution >= 4 is 0 Å². The van der Waals surface area contributed by atoms with Crippen LogP contribution in [0.4, 0.5) is 0 Å². The number of benzene rings is 1. The van der Waals surface area contributed by atoms with Gasteiger partial charge in [0.1, 0.15) is 23.0 Å². The van der Waals surface area contributed by atoms with Crippen molar-refractivity contribution in [2.45, 2.75) is 64.8 Å². The zero-order chi connectivity index (χ0) is 18.7. The molecule has 6 nitrogen and oxygen atoms in total. The van der Waals surface area contributed by atoms with Crippen LogP contribution in [0, 0.1) is 6.92 Å². The summed E-state index contributed by atoms with van der Waals surface area (Å²) in [6, 6.07) is 7.79. The molecule has 0 saturated carbocycles. The van der Waals surface area contributed by atoms with Crippen LogP contribution in [-0.2, 0) is 18.7 Å². The molecule has 26 heavy (non-hydrogen) atoms. The zero-order valence-corrected chi connectivity index (χ0v) is 16.3. The molecule has 1 aromatic carbocycles. The van der Waals surface area contributed by atoms with Gasteiger partial charge in [0, 0.05) is 12.6 Å². The number of aryl methyl sites for hydroxylation is 1. The van der Waals surface area contributed by atoms with Gasteiger partial charge in [-0.25, -0.2) is 0 Å². The Balaban J connectivity index is 1.80. The first-order valence-corrected chi connectivity index (χ1v) is 9.47. The van der Waals surface area contributed by atoms with Gasteiger partial charge in [-0.2, -0.15) is 0 Å². The van der Waals surface area contributed by atoms with Gasteiger partial charge in [-0.1, -0.05) is 19.1 Å². The van der Waals surface area contributed by atoms with Crippen molar-refractivity contribution in [2.24, 2.45) is 0 Å². The van der Waals surface area contributed by atoms with Crippen molar-refractivity contribution < 1.29 is 9.84 Å². The predicted molar refractivity (Wildman–Crippen MR) is 101 cm³/mol. The van der Waals surface area contributed by atoms with Crippen molar-refractivity contribution in [3.8, 4) is 5.75 Å². The minimum absolute atomic E-state index is 0.0583. The first kappa shape index (κ1) is 18.9. The molecule has 1 saturated heterocycles. The predicted octanol–water partition coefficient (Wildman–Crippen LogP) is 2.88. The molecule has 2 aromatic rings. The molecular weight excluding hydrogens is 328 g/mol. The van der Waals surface area contributed by atoms with Crippen LogP contribution >= 0.6 is 0 Å². The molecule has 1 aliphatic rings. The lowest BCUT2D eigenvalue weighted by molar-refractivity contribution is -0.0264. The number of likely N-dealkylation sites (tertiary alicyclic amines) is 1. The van der Waals surface area contributed by atoms with Crippen molar-refractivity contribution in [1.29, 1.82) is 0 Å². The topological polar surface area (TPSA) is 63.4 Å². The molecule has 0 aliphatic carbocycles. The molecule has 2 heterocycles. The van der Waals surface area contributed by atoms with E-state index < -0.39 is 5.60 Å². The number of hydrogen-bond donors (Lipinski definition) is 1. The first-order chi connectivity index (χ1) is 12.5. The van der Waals surface area contributed by atoms with Gasteiger partial charge < -0.3 is 14.4 Å². The summed E-state index contributed by atoms with van der Waals surface area (Å²) in [5.74, 6) is 2.75. The van der Waals surface area contributed by atoms with Crippen LogP contribution in [0.5, 0.6) is 5.75 Å². The van der Waals surface area contributed by atoms with E-state index in [4.69, 9.17) is 4.74 Å². The van der Waals surface area contributed by atoms with Gasteiger partial charge in [0.25, 0.3) is 0 Å². The number of ether oxygens (including phenoxy) is 1. The lowest BCUT2D eigenvalue weighted by Crippen LogP contribution is -2.45. The maximum atomic E-state index is 11.4. The molecule has 0 bridgehead atoms. The van der Waals surface area contributed by atoms with Crippen molar-refractivity contribution in [3.63, 3.8) is 0 Å². The third-order valence-electron chi connectivity index (χ3n) is 5.49. The summed E-state index contributed by atoms with van der Waals surface area (Å²) in [4.78, 5) is 2.35. The second-order valence-corrected chi connectivity index (χ2v) is 7.32. The van der Waals surface area contributed by atoms with Gasteiger partial charge in [0.05, 0.1) is 13.7 Å². The fourth-order valence-electron chi connectivity index (χ4n) is 4.01. The Kier molecular flexibility index (Phi) is 5.63. The highest BCUT2D eigenvalue weighted by Gasteiger charge is 2.41. The Bertz CT molecular complexity index is 724. The highest BCUT2D eigenvalue weighted by Crippen LogP contribution is 2.36. The van der Waals surface area contributed by atoms with Crippen LogP contribution in [0.15, 0.2) is 24.3 Å². The van der Waals surface area contributed by atoms with E-state index in [0.29, 0.717) is 0 Å². The second-order valence-electron chi connectivity index (χ2n) is 7.32. The Morgan fingerprint density at radius 3 is 2.65 bits per heavy atom. The minimum Gasteiger partial charge on any atom is -0.497 e. The monoisotopic (exact) mass is 358 g/mol. The Labute approximate surface area is 155 Å². The molecule has 142 valence electrons. The first-order valence-electron chi connectivity index (χ1n) is 9.47. The quantitative estimate of drug-likeness (QED) is 0.824. The van der Waals surface area contributed by atoms with Crippen LogP contribution in [0.3, 0.4) is 0 Å². The number of rotatable bonds is 7. The van der Waals surface area contributed by atoms with Crippen LogP contribution < -0.4 is 4.74 Å². The summed E-state index contributed by atoms with van der Waals surface area (Å²) in [5.41, 5.74) is -0.00522. The molecule has 2 atom stereocenters. The Morgan fingerprint density at radius 1 is 1.27 bits per heavy atom. The third-order valence-corrected chi connectivity index (χ3v) is 5.49. The number of methoxy groups -OCH3 is 1. The van der Waals surface area contributed by atoms with Crippen LogP contribution in [-0.4, -0.2) is 44.5 Å². The zero-order valence-electron chi connectivity index (χ0n) is 16.3. The average Bonchev–Trinajstić information content (AvgIpc) is 3.24. The van der Waals surface area contributed by atoms with Gasteiger partial charge in [0.2, 0.25) is 0 Å². The molecule has 1 aliphatic heterocycles. The summed E-state index contributed by atoms with van der Waals surface area (Å²) < 4.78 is 7.43. The summed E-state index contributed by atoms with van der Waals surface area (Å²) in [5, 5.41) is 20.0. The fraction of sp³-hybridized carbons (Fsp3) is 0.600. The molecular formula is C20H30N4O2. The highest BCUT2D eigenvalue weighted by atomic mass is 16.5. The molecule has 3 rings (SSSR count). The fourth-order valence-corrected chi connectivity index (χ4v) is 4.01. The molecule has 1 aromatic heterocycles. The van der Waals surface area contributed by atoms with Crippen LogP contribution in [0.2, 0.25) is 0 Å². The van der Waals surface area contributed by atoms with E-state index in [-0.39, 0.29) is 6.04 Å². The van der Waals surface area contributed by atoms with Crippen molar-refractivity contribution in [3.05, 3.63) is 41.5 Å². The van der Waals surface area contributed by atoms with Gasteiger partial charge in [-0.05, 0) is 57.4 Å². The lowest BCUT2D eigenvalue weighted by Gasteiger charge is -2.37. The van der Waals surface area contributed by atoms with Crippen molar-refractivity contribution in [2.75, 3.05) is 13.7 Å². The third kappa shape index (κ3) is 3.62. The van der Waals surface area contributed by atoms with E-state index in [9.17, 15) is 5.11 Å². The number of hydrogen-bond acceptors (Lipinski definition) is 5. The molecule has 1 fully saturated rings. The summed E-state index contributed by atoms with van der Waals surface area (Å²) in [7, 11) is 1.65. The minimum atomic E-state index is -0.923. The van der Waals surface area contributed by atoms with E-state index in [1.165, 1.54) is 0 Å². The normalized spacial score (nSPS) is 20.3. The maximum Gasteiger partial charge on any atom is 0.147 e. The number of nitrogens with zero attached hydrogens (tertiary/aromatic N) is 4. The second kappa shape index (κ2) is 7.76. The van der Waals surface area contributed by atoms with E-state index in [1.807, 2.05) is 38.1 Å². The molecule has 0 unspecified atom stereocenters. The van der Waals surface area contributed by atoms with E-state index >= 15 is 0 Å². The molecule has 0 amide bonds. The molecule has 0 spiro atoms. The Hall–Kier alpha value is -1.92. The summed E-state index contributed by atoms with van der Waals surface area (Å²) in [6.45, 7) is 8.70. The molecule has 6 heteroatoms. The Morgan fingerprint density at radius 2 is 2.00 bits per heavy atom. The maximum absolute atomic E-state index is 11.4. The lowest BCUT2D eigenvalue weighted by atomic mass is 9.86. The smallest absolute Gasteiger partial charge is 0.147 e. The van der Waals surface area contributed by atoms with E-state index in [1.54, 1.807) is 7.11 Å². The van der Waals surface area contributed by atoms with Gasteiger partial charge in [-0.3, -0.25) is 4.90 Å². The SMILES string of the molecule is CCCn1c(C)nnc1CN1CCC[C@@H]1[C@@](C)(O)c1ccc(OC)cc1. The average molecular weight is 358 g/mol. The van der Waals surface area contributed by atoms with Crippen LogP contribution in [0.25, 0.3) is 0 Å². The standard InChI is InChI=1S/C20H30N4O2/c1-5-12-24-15(2)21-22-19(24)14-23-13-6-7-18(23)20(3,25)16-8-10-17(26-4)11-9-16/h8-11,18,25H,5-7,12-14H2,1-4H3/t18-,20+/m1/s1. The van der Waals surface area contributed by atoms with E-state index in [2.05, 4.69) is 26.6 Å². The number of aromatic nitrogens is 3. The number of aliphatic hydroxyl groups is 1. The van der Waals surface area contributed by atoms with Gasteiger partial charge >= 0.3 is 0 Å². The largest absolute Gasteiger partial charge is 0.497 e. The summed E-state index contributed by atoms with van der Waals surface area (Å²) in [6.07, 6.45) is 3.11. The van der Waals surface area contributed by atoms with Gasteiger partial charge in [-0.15, -0.1) is 10.2 Å². The molecule has 0 radical (unpaired) electrons. The molecule has 1 N–H and O–H groups in total. The van der Waals surface area contributed by atoms with Crippen LogP contribution in [0.1, 0.15) is 50.3 Å². The highest BCUT2D eigenvalue weighted by molar-refractivity contribution is 5.31. The summed E-state index contributed by atoms with van der Waals surface area (Å²) >= 11 is 0.